The molecule has 0 radical (unpaired) electrons. The predicted octanol–water partition coefficient (Wildman–Crippen LogP) is 2.14. The summed E-state index contributed by atoms with van der Waals surface area (Å²) in [5.74, 6) is 0.491. The van der Waals surface area contributed by atoms with Crippen LogP contribution in [0.1, 0.15) is 5.56 Å². The Kier molecular flexibility index (Phi) is 3.55. The van der Waals surface area contributed by atoms with Crippen LogP contribution in [-0.4, -0.2) is 18.8 Å². The molecule has 0 amide bonds. The van der Waals surface area contributed by atoms with E-state index in [1.165, 1.54) is 7.11 Å². The van der Waals surface area contributed by atoms with Gasteiger partial charge in [0.05, 0.1) is 11.6 Å². The van der Waals surface area contributed by atoms with Crippen LogP contribution >= 0.6 is 15.9 Å². The van der Waals surface area contributed by atoms with E-state index in [9.17, 15) is 5.11 Å². The van der Waals surface area contributed by atoms with Crippen molar-refractivity contribution in [3.05, 3.63) is 28.7 Å². The molecule has 4 heteroatoms. The van der Waals surface area contributed by atoms with Crippen LogP contribution in [0.25, 0.3) is 5.57 Å². The third-order valence-corrected chi connectivity index (χ3v) is 2.51. The van der Waals surface area contributed by atoms with Gasteiger partial charge in [-0.1, -0.05) is 6.58 Å². The lowest BCUT2D eigenvalue weighted by Crippen LogP contribution is -2.01. The van der Waals surface area contributed by atoms with E-state index in [4.69, 9.17) is 10.5 Å². The van der Waals surface area contributed by atoms with Gasteiger partial charge in [0, 0.05) is 6.54 Å². The summed E-state index contributed by atoms with van der Waals surface area (Å²) in [5, 5.41) is 9.54. The molecule has 14 heavy (non-hydrogen) atoms. The third kappa shape index (κ3) is 2.08. The lowest BCUT2D eigenvalue weighted by molar-refractivity contribution is 0.372. The molecule has 0 saturated heterocycles. The molecule has 0 heterocycles. The molecule has 0 aliphatic carbocycles. The molecule has 1 aromatic rings. The Morgan fingerprint density at radius 2 is 2.29 bits per heavy atom. The average molecular weight is 258 g/mol. The van der Waals surface area contributed by atoms with Gasteiger partial charge in [-0.25, -0.2) is 0 Å². The number of methoxy groups -OCH3 is 1. The second kappa shape index (κ2) is 4.48. The maximum atomic E-state index is 9.54. The zero-order valence-electron chi connectivity index (χ0n) is 7.88. The highest BCUT2D eigenvalue weighted by Gasteiger charge is 2.09. The van der Waals surface area contributed by atoms with Crippen LogP contribution in [0, 0.1) is 0 Å². The van der Waals surface area contributed by atoms with Gasteiger partial charge in [0.15, 0.2) is 11.5 Å². The summed E-state index contributed by atoms with van der Waals surface area (Å²) in [4.78, 5) is 0. The van der Waals surface area contributed by atoms with Crippen LogP contribution in [0.15, 0.2) is 23.2 Å². The number of phenolic OH excluding ortho intramolecular Hbond substituents is 1. The number of nitrogens with two attached hydrogens (primary N) is 1. The minimum atomic E-state index is 0.0843. The SMILES string of the molecule is C=C(CN)c1cc(Br)c(O)c(OC)c1. The lowest BCUT2D eigenvalue weighted by Gasteiger charge is -2.09. The van der Waals surface area contributed by atoms with E-state index in [1.54, 1.807) is 12.1 Å². The minimum absolute atomic E-state index is 0.0843. The van der Waals surface area contributed by atoms with Crippen molar-refractivity contribution in [2.24, 2.45) is 5.73 Å². The summed E-state index contributed by atoms with van der Waals surface area (Å²) in [6.07, 6.45) is 0. The molecule has 1 rings (SSSR count). The molecule has 0 fully saturated rings. The van der Waals surface area contributed by atoms with Gasteiger partial charge in [-0.05, 0) is 39.2 Å². The Bertz CT molecular complexity index is 363. The summed E-state index contributed by atoms with van der Waals surface area (Å²) in [6.45, 7) is 4.18. The fourth-order valence-corrected chi connectivity index (χ4v) is 1.49. The van der Waals surface area contributed by atoms with Gasteiger partial charge in [-0.15, -0.1) is 0 Å². The van der Waals surface area contributed by atoms with Gasteiger partial charge in [0.2, 0.25) is 0 Å². The number of aromatic hydroxyl groups is 1. The van der Waals surface area contributed by atoms with E-state index in [0.717, 1.165) is 11.1 Å². The fraction of sp³-hybridized carbons (Fsp3) is 0.200. The highest BCUT2D eigenvalue weighted by atomic mass is 79.9. The van der Waals surface area contributed by atoms with Gasteiger partial charge in [0.1, 0.15) is 0 Å². The van der Waals surface area contributed by atoms with Crippen molar-refractivity contribution in [2.75, 3.05) is 13.7 Å². The average Bonchev–Trinajstić information content (AvgIpc) is 2.20. The largest absolute Gasteiger partial charge is 0.503 e. The fourth-order valence-electron chi connectivity index (χ4n) is 1.05. The number of hydrogen-bond acceptors (Lipinski definition) is 3. The van der Waals surface area contributed by atoms with Crippen molar-refractivity contribution >= 4 is 21.5 Å². The predicted molar refractivity (Wildman–Crippen MR) is 60.4 cm³/mol. The number of rotatable bonds is 3. The van der Waals surface area contributed by atoms with Crippen molar-refractivity contribution in [1.29, 1.82) is 0 Å². The molecule has 3 N–H and O–H groups in total. The van der Waals surface area contributed by atoms with Crippen molar-refractivity contribution < 1.29 is 9.84 Å². The molecule has 0 unspecified atom stereocenters. The first-order valence-corrected chi connectivity index (χ1v) is 4.84. The molecule has 3 nitrogen and oxygen atoms in total. The van der Waals surface area contributed by atoms with E-state index >= 15 is 0 Å². The van der Waals surface area contributed by atoms with Gasteiger partial charge < -0.3 is 15.6 Å². The van der Waals surface area contributed by atoms with Gasteiger partial charge in [0.25, 0.3) is 0 Å². The van der Waals surface area contributed by atoms with E-state index in [2.05, 4.69) is 22.5 Å². The quantitative estimate of drug-likeness (QED) is 0.873. The summed E-state index contributed by atoms with van der Waals surface area (Å²) < 4.78 is 5.57. The molecular formula is C10H12BrNO2. The topological polar surface area (TPSA) is 55.5 Å². The second-order valence-electron chi connectivity index (χ2n) is 2.82. The molecule has 0 atom stereocenters. The molecule has 0 aromatic heterocycles. The molecule has 0 aliphatic rings. The molecule has 0 saturated carbocycles. The summed E-state index contributed by atoms with van der Waals surface area (Å²) in [7, 11) is 1.50. The van der Waals surface area contributed by atoms with E-state index in [1.807, 2.05) is 0 Å². The second-order valence-corrected chi connectivity index (χ2v) is 3.67. The Labute approximate surface area is 91.3 Å². The smallest absolute Gasteiger partial charge is 0.172 e. The number of phenols is 1. The van der Waals surface area contributed by atoms with Gasteiger partial charge in [-0.2, -0.15) is 0 Å². The van der Waals surface area contributed by atoms with Crippen LogP contribution in [0.2, 0.25) is 0 Å². The lowest BCUT2D eigenvalue weighted by atomic mass is 10.1. The zero-order valence-corrected chi connectivity index (χ0v) is 9.47. The molecule has 1 aromatic carbocycles. The highest BCUT2D eigenvalue weighted by Crippen LogP contribution is 2.36. The maximum absolute atomic E-state index is 9.54. The summed E-state index contributed by atoms with van der Waals surface area (Å²) in [6, 6.07) is 3.46. The van der Waals surface area contributed by atoms with Crippen LogP contribution in [0.4, 0.5) is 0 Å². The van der Waals surface area contributed by atoms with Crippen LogP contribution in [0.5, 0.6) is 11.5 Å². The number of benzene rings is 1. The zero-order chi connectivity index (χ0) is 10.7. The van der Waals surface area contributed by atoms with E-state index < -0.39 is 0 Å². The van der Waals surface area contributed by atoms with Crippen molar-refractivity contribution in [2.45, 2.75) is 0 Å². The van der Waals surface area contributed by atoms with E-state index in [0.29, 0.717) is 16.8 Å². The van der Waals surface area contributed by atoms with Crippen LogP contribution in [-0.2, 0) is 0 Å². The molecule has 0 bridgehead atoms. The highest BCUT2D eigenvalue weighted by molar-refractivity contribution is 9.10. The maximum Gasteiger partial charge on any atom is 0.172 e. The molecular weight excluding hydrogens is 246 g/mol. The Morgan fingerprint density at radius 1 is 1.64 bits per heavy atom. The Morgan fingerprint density at radius 3 is 2.79 bits per heavy atom. The first-order chi connectivity index (χ1) is 6.60. The summed E-state index contributed by atoms with van der Waals surface area (Å²) >= 11 is 3.22. The standard InChI is InChI=1S/C10H12BrNO2/c1-6(5-12)7-3-8(11)10(13)9(4-7)14-2/h3-4,13H,1,5,12H2,2H3. The molecule has 0 aliphatic heterocycles. The monoisotopic (exact) mass is 257 g/mol. The van der Waals surface area contributed by atoms with E-state index in [-0.39, 0.29) is 5.75 Å². The van der Waals surface area contributed by atoms with Gasteiger partial charge >= 0.3 is 0 Å². The molecule has 76 valence electrons. The van der Waals surface area contributed by atoms with Crippen LogP contribution in [0.3, 0.4) is 0 Å². The normalized spacial score (nSPS) is 9.93. The Hall–Kier alpha value is -1.00. The number of halogens is 1. The number of hydrogen-bond donors (Lipinski definition) is 2. The van der Waals surface area contributed by atoms with Crippen molar-refractivity contribution in [1.82, 2.24) is 0 Å². The first kappa shape index (κ1) is 11.1. The summed E-state index contributed by atoms with van der Waals surface area (Å²) in [5.41, 5.74) is 7.12. The van der Waals surface area contributed by atoms with Gasteiger partial charge in [-0.3, -0.25) is 0 Å². The van der Waals surface area contributed by atoms with Crippen molar-refractivity contribution in [3.8, 4) is 11.5 Å². The minimum Gasteiger partial charge on any atom is -0.503 e. The molecule has 0 spiro atoms. The van der Waals surface area contributed by atoms with Crippen LogP contribution < -0.4 is 10.5 Å². The first-order valence-electron chi connectivity index (χ1n) is 4.05. The van der Waals surface area contributed by atoms with Crippen molar-refractivity contribution in [3.63, 3.8) is 0 Å². The Balaban J connectivity index is 3.22. The third-order valence-electron chi connectivity index (χ3n) is 1.90. The number of ether oxygens (including phenoxy) is 1.